The maximum atomic E-state index is 13.0. The SMILES string of the molecule is COCc1cc(C(F)(F)F)ccc1-c1cn2c(C(F)(F)F)nnc2cn1. The first-order valence-corrected chi connectivity index (χ1v) is 7.08. The third-order valence-corrected chi connectivity index (χ3v) is 3.55. The topological polar surface area (TPSA) is 52.3 Å². The fraction of sp³-hybridized carbons (Fsp3) is 0.267. The predicted molar refractivity (Wildman–Crippen MR) is 76.9 cm³/mol. The quantitative estimate of drug-likeness (QED) is 0.649. The molecule has 0 aliphatic carbocycles. The molecule has 5 nitrogen and oxygen atoms in total. The molecular weight excluding hydrogens is 366 g/mol. The van der Waals surface area contributed by atoms with Gasteiger partial charge in [-0.3, -0.25) is 9.38 Å². The van der Waals surface area contributed by atoms with Crippen molar-refractivity contribution in [2.24, 2.45) is 0 Å². The number of nitrogens with zero attached hydrogens (tertiary/aromatic N) is 4. The number of benzene rings is 1. The van der Waals surface area contributed by atoms with Crippen LogP contribution < -0.4 is 0 Å². The van der Waals surface area contributed by atoms with Crippen LogP contribution in [0.2, 0.25) is 0 Å². The number of halogens is 6. The zero-order chi connectivity index (χ0) is 19.1. The first-order chi connectivity index (χ1) is 12.1. The van der Waals surface area contributed by atoms with Crippen LogP contribution in [-0.2, 0) is 23.7 Å². The van der Waals surface area contributed by atoms with Crippen molar-refractivity contribution in [3.05, 3.63) is 47.5 Å². The van der Waals surface area contributed by atoms with Crippen molar-refractivity contribution in [3.63, 3.8) is 0 Å². The first kappa shape index (κ1) is 18.1. The molecule has 138 valence electrons. The van der Waals surface area contributed by atoms with Crippen molar-refractivity contribution in [1.82, 2.24) is 19.6 Å². The van der Waals surface area contributed by atoms with Gasteiger partial charge in [0.25, 0.3) is 0 Å². The summed E-state index contributed by atoms with van der Waals surface area (Å²) in [6.45, 7) is -0.173. The van der Waals surface area contributed by atoms with Gasteiger partial charge in [0, 0.05) is 18.9 Å². The molecule has 0 radical (unpaired) electrons. The van der Waals surface area contributed by atoms with E-state index in [1.165, 1.54) is 7.11 Å². The molecule has 0 aliphatic rings. The molecule has 2 heterocycles. The van der Waals surface area contributed by atoms with E-state index in [0.29, 0.717) is 4.40 Å². The Labute approximate surface area is 142 Å². The van der Waals surface area contributed by atoms with E-state index < -0.39 is 23.7 Å². The van der Waals surface area contributed by atoms with Crippen molar-refractivity contribution < 1.29 is 31.1 Å². The van der Waals surface area contributed by atoms with Gasteiger partial charge in [0.1, 0.15) is 0 Å². The summed E-state index contributed by atoms with van der Waals surface area (Å²) >= 11 is 0. The van der Waals surface area contributed by atoms with Crippen LogP contribution in [0.1, 0.15) is 17.0 Å². The van der Waals surface area contributed by atoms with Gasteiger partial charge < -0.3 is 4.74 Å². The summed E-state index contributed by atoms with van der Waals surface area (Å²) in [5, 5.41) is 6.46. The third-order valence-electron chi connectivity index (χ3n) is 3.55. The minimum absolute atomic E-state index is 0.0311. The second kappa shape index (κ2) is 6.24. The molecule has 3 aromatic rings. The largest absolute Gasteiger partial charge is 0.452 e. The highest BCUT2D eigenvalue weighted by molar-refractivity contribution is 5.64. The van der Waals surface area contributed by atoms with Crippen molar-refractivity contribution in [3.8, 4) is 11.3 Å². The lowest BCUT2D eigenvalue weighted by molar-refractivity contribution is -0.145. The Bertz CT molecular complexity index is 947. The van der Waals surface area contributed by atoms with Crippen molar-refractivity contribution in [1.29, 1.82) is 0 Å². The number of alkyl halides is 6. The molecule has 0 amide bonds. The summed E-state index contributed by atoms with van der Waals surface area (Å²) in [6, 6.07) is 2.85. The number of aromatic nitrogens is 4. The zero-order valence-corrected chi connectivity index (χ0v) is 13.1. The molecule has 0 aliphatic heterocycles. The summed E-state index contributed by atoms with van der Waals surface area (Å²) in [5.41, 5.74) is -0.654. The van der Waals surface area contributed by atoms with Crippen LogP contribution in [0.15, 0.2) is 30.6 Å². The second-order valence-electron chi connectivity index (χ2n) is 5.32. The lowest BCUT2D eigenvalue weighted by atomic mass is 10.0. The minimum Gasteiger partial charge on any atom is -0.380 e. The molecule has 0 fully saturated rings. The Kier molecular flexibility index (Phi) is 4.34. The van der Waals surface area contributed by atoms with Gasteiger partial charge in [-0.15, -0.1) is 10.2 Å². The summed E-state index contributed by atoms with van der Waals surface area (Å²) in [4.78, 5) is 3.98. The normalized spacial score (nSPS) is 12.7. The van der Waals surface area contributed by atoms with Gasteiger partial charge in [0.15, 0.2) is 5.65 Å². The van der Waals surface area contributed by atoms with Gasteiger partial charge in [0.05, 0.1) is 24.1 Å². The van der Waals surface area contributed by atoms with Gasteiger partial charge in [-0.25, -0.2) is 0 Å². The van der Waals surface area contributed by atoms with Gasteiger partial charge in [-0.2, -0.15) is 26.3 Å². The Morgan fingerprint density at radius 1 is 1.04 bits per heavy atom. The fourth-order valence-corrected chi connectivity index (χ4v) is 2.43. The highest BCUT2D eigenvalue weighted by Gasteiger charge is 2.37. The lowest BCUT2D eigenvalue weighted by Crippen LogP contribution is -2.11. The summed E-state index contributed by atoms with van der Waals surface area (Å²) in [6.07, 6.45) is -7.21. The molecule has 0 spiro atoms. The monoisotopic (exact) mass is 376 g/mol. The lowest BCUT2D eigenvalue weighted by Gasteiger charge is -2.13. The van der Waals surface area contributed by atoms with Crippen molar-refractivity contribution >= 4 is 5.65 Å². The van der Waals surface area contributed by atoms with E-state index in [-0.39, 0.29) is 29.1 Å². The molecule has 1 aromatic carbocycles. The van der Waals surface area contributed by atoms with Crippen LogP contribution in [0.3, 0.4) is 0 Å². The van der Waals surface area contributed by atoms with E-state index in [0.717, 1.165) is 30.6 Å². The van der Waals surface area contributed by atoms with Crippen LogP contribution in [0.4, 0.5) is 26.3 Å². The Morgan fingerprint density at radius 2 is 1.77 bits per heavy atom. The number of fused-ring (bicyclic) bond motifs is 1. The molecule has 2 aromatic heterocycles. The van der Waals surface area contributed by atoms with Gasteiger partial charge in [0.2, 0.25) is 5.82 Å². The van der Waals surface area contributed by atoms with E-state index in [1.807, 2.05) is 0 Å². The Hall–Kier alpha value is -2.69. The van der Waals surface area contributed by atoms with E-state index in [2.05, 4.69) is 15.2 Å². The summed E-state index contributed by atoms with van der Waals surface area (Å²) in [5.74, 6) is -1.25. The van der Waals surface area contributed by atoms with Crippen molar-refractivity contribution in [2.75, 3.05) is 7.11 Å². The van der Waals surface area contributed by atoms with E-state index in [4.69, 9.17) is 4.74 Å². The second-order valence-corrected chi connectivity index (χ2v) is 5.32. The minimum atomic E-state index is -4.74. The number of hydrogen-bond donors (Lipinski definition) is 0. The highest BCUT2D eigenvalue weighted by atomic mass is 19.4. The van der Waals surface area contributed by atoms with E-state index in [9.17, 15) is 26.3 Å². The standard InChI is InChI=1S/C15H10F6N4O/c1-26-7-8-4-9(14(16,17)18)2-3-10(8)11-6-25-12(5-22-11)23-24-13(25)15(19,20)21/h2-6H,7H2,1H3. The van der Waals surface area contributed by atoms with Gasteiger partial charge in [-0.05, 0) is 17.7 Å². The van der Waals surface area contributed by atoms with Crippen LogP contribution in [0, 0.1) is 0 Å². The predicted octanol–water partition coefficient (Wildman–Crippen LogP) is 3.98. The molecule has 0 saturated carbocycles. The van der Waals surface area contributed by atoms with Crippen LogP contribution in [0.5, 0.6) is 0 Å². The number of methoxy groups -OCH3 is 1. The maximum Gasteiger partial charge on any atom is 0.452 e. The Morgan fingerprint density at radius 3 is 2.38 bits per heavy atom. The number of rotatable bonds is 3. The molecule has 0 atom stereocenters. The zero-order valence-electron chi connectivity index (χ0n) is 13.1. The average molecular weight is 376 g/mol. The average Bonchev–Trinajstić information content (AvgIpc) is 2.97. The van der Waals surface area contributed by atoms with E-state index in [1.54, 1.807) is 0 Å². The first-order valence-electron chi connectivity index (χ1n) is 7.08. The molecule has 3 rings (SSSR count). The third kappa shape index (κ3) is 3.34. The smallest absolute Gasteiger partial charge is 0.380 e. The summed E-state index contributed by atoms with van der Waals surface area (Å²) in [7, 11) is 1.29. The maximum absolute atomic E-state index is 13.0. The summed E-state index contributed by atoms with van der Waals surface area (Å²) < 4.78 is 83.2. The number of hydrogen-bond acceptors (Lipinski definition) is 4. The molecule has 11 heteroatoms. The highest BCUT2D eigenvalue weighted by Crippen LogP contribution is 2.34. The molecule has 0 saturated heterocycles. The molecule has 0 bridgehead atoms. The molecule has 0 N–H and O–H groups in total. The molecular formula is C15H10F6N4O. The van der Waals surface area contributed by atoms with Crippen LogP contribution >= 0.6 is 0 Å². The molecule has 26 heavy (non-hydrogen) atoms. The van der Waals surface area contributed by atoms with Gasteiger partial charge >= 0.3 is 12.4 Å². The van der Waals surface area contributed by atoms with Crippen LogP contribution in [0.25, 0.3) is 16.9 Å². The van der Waals surface area contributed by atoms with Gasteiger partial charge in [-0.1, -0.05) is 6.07 Å². The van der Waals surface area contributed by atoms with Crippen LogP contribution in [-0.4, -0.2) is 26.7 Å². The number of ether oxygens (including phenoxy) is 1. The van der Waals surface area contributed by atoms with Crippen molar-refractivity contribution in [2.45, 2.75) is 19.0 Å². The Balaban J connectivity index is 2.16. The van der Waals surface area contributed by atoms with E-state index >= 15 is 0 Å². The molecule has 0 unspecified atom stereocenters. The fourth-order valence-electron chi connectivity index (χ4n) is 2.43.